The van der Waals surface area contributed by atoms with Gasteiger partial charge in [0.05, 0.1) is 6.61 Å². The predicted octanol–water partition coefficient (Wildman–Crippen LogP) is 1.32. The molecule has 1 aromatic carbocycles. The van der Waals surface area contributed by atoms with Gasteiger partial charge in [-0.3, -0.25) is 9.59 Å². The molecule has 0 aliphatic carbocycles. The van der Waals surface area contributed by atoms with Crippen LogP contribution < -0.4 is 5.73 Å². The van der Waals surface area contributed by atoms with Crippen LogP contribution in [0.2, 0.25) is 0 Å². The third kappa shape index (κ3) is 5.84. The van der Waals surface area contributed by atoms with Gasteiger partial charge in [-0.1, -0.05) is 30.3 Å². The molecule has 20 heavy (non-hydrogen) atoms. The van der Waals surface area contributed by atoms with Crippen molar-refractivity contribution in [2.75, 3.05) is 13.2 Å². The summed E-state index contributed by atoms with van der Waals surface area (Å²) in [5.41, 5.74) is 6.62. The molecule has 0 aliphatic rings. The molecule has 5 nitrogen and oxygen atoms in total. The monoisotopic (exact) mass is 278 g/mol. The van der Waals surface area contributed by atoms with E-state index in [9.17, 15) is 9.59 Å². The van der Waals surface area contributed by atoms with Gasteiger partial charge in [0, 0.05) is 19.0 Å². The molecule has 0 saturated heterocycles. The predicted molar refractivity (Wildman–Crippen MR) is 76.8 cm³/mol. The molecule has 5 heteroatoms. The van der Waals surface area contributed by atoms with Gasteiger partial charge in [-0.15, -0.1) is 0 Å². The minimum absolute atomic E-state index is 0.0473. The summed E-state index contributed by atoms with van der Waals surface area (Å²) in [5, 5.41) is 0. The largest absolute Gasteiger partial charge is 0.465 e. The summed E-state index contributed by atoms with van der Waals surface area (Å²) in [5.74, 6) is -0.543. The quantitative estimate of drug-likeness (QED) is 0.763. The van der Waals surface area contributed by atoms with E-state index >= 15 is 0 Å². The first-order valence-electron chi connectivity index (χ1n) is 6.75. The van der Waals surface area contributed by atoms with Crippen LogP contribution in [0.3, 0.4) is 0 Å². The minimum atomic E-state index is -0.401. The van der Waals surface area contributed by atoms with Crippen molar-refractivity contribution < 1.29 is 14.3 Å². The molecule has 0 bridgehead atoms. The van der Waals surface area contributed by atoms with Gasteiger partial charge in [0.15, 0.2) is 0 Å². The zero-order valence-corrected chi connectivity index (χ0v) is 12.0. The molecular weight excluding hydrogens is 256 g/mol. The highest BCUT2D eigenvalue weighted by atomic mass is 16.5. The summed E-state index contributed by atoms with van der Waals surface area (Å²) in [6.07, 6.45) is 0.215. The van der Waals surface area contributed by atoms with Crippen LogP contribution in [-0.4, -0.2) is 36.0 Å². The van der Waals surface area contributed by atoms with E-state index in [2.05, 4.69) is 0 Å². The second-order valence-electron chi connectivity index (χ2n) is 4.72. The summed E-state index contributed by atoms with van der Waals surface area (Å²) in [7, 11) is 0. The summed E-state index contributed by atoms with van der Waals surface area (Å²) in [4.78, 5) is 25.2. The molecule has 110 valence electrons. The molecule has 0 aliphatic heterocycles. The van der Waals surface area contributed by atoms with Gasteiger partial charge in [0.2, 0.25) is 5.91 Å². The van der Waals surface area contributed by atoms with E-state index in [0.717, 1.165) is 5.56 Å². The lowest BCUT2D eigenvalue weighted by atomic mass is 10.2. The van der Waals surface area contributed by atoms with Crippen LogP contribution in [0.15, 0.2) is 30.3 Å². The molecule has 0 heterocycles. The number of hydrogen-bond donors (Lipinski definition) is 1. The minimum Gasteiger partial charge on any atom is -0.465 e. The third-order valence-corrected chi connectivity index (χ3v) is 2.69. The van der Waals surface area contributed by atoms with E-state index in [0.29, 0.717) is 13.2 Å². The van der Waals surface area contributed by atoms with Gasteiger partial charge < -0.3 is 15.4 Å². The number of nitrogens with two attached hydrogens (primary N) is 1. The molecule has 0 spiro atoms. The first-order chi connectivity index (χ1) is 9.52. The molecular formula is C15H22N2O3. The molecule has 0 fully saturated rings. The highest BCUT2D eigenvalue weighted by Crippen LogP contribution is 2.07. The Labute approximate surface area is 119 Å². The molecule has 2 N–H and O–H groups in total. The number of rotatable bonds is 7. The molecule has 1 amide bonds. The van der Waals surface area contributed by atoms with Crippen LogP contribution in [0.5, 0.6) is 0 Å². The van der Waals surface area contributed by atoms with Crippen molar-refractivity contribution in [3.05, 3.63) is 35.9 Å². The molecule has 0 radical (unpaired) electrons. The summed E-state index contributed by atoms with van der Waals surface area (Å²) in [6.45, 7) is 4.14. The van der Waals surface area contributed by atoms with Crippen LogP contribution in [0.4, 0.5) is 0 Å². The van der Waals surface area contributed by atoms with E-state index in [1.54, 1.807) is 13.8 Å². The fourth-order valence-corrected chi connectivity index (χ4v) is 1.80. The number of hydrogen-bond acceptors (Lipinski definition) is 4. The Morgan fingerprint density at radius 1 is 1.30 bits per heavy atom. The Morgan fingerprint density at radius 2 is 1.95 bits per heavy atom. The summed E-state index contributed by atoms with van der Waals surface area (Å²) < 4.78 is 4.90. The second-order valence-corrected chi connectivity index (χ2v) is 4.72. The van der Waals surface area contributed by atoms with Gasteiger partial charge in [0.1, 0.15) is 6.54 Å². The number of carbonyl (C=O) groups is 2. The van der Waals surface area contributed by atoms with Gasteiger partial charge in [-0.25, -0.2) is 0 Å². The Hall–Kier alpha value is -1.88. The van der Waals surface area contributed by atoms with Gasteiger partial charge >= 0.3 is 5.97 Å². The maximum absolute atomic E-state index is 12.1. The first-order valence-corrected chi connectivity index (χ1v) is 6.75. The molecule has 0 unspecified atom stereocenters. The van der Waals surface area contributed by atoms with E-state index in [4.69, 9.17) is 10.5 Å². The van der Waals surface area contributed by atoms with Crippen molar-refractivity contribution >= 4 is 11.9 Å². The van der Waals surface area contributed by atoms with E-state index in [1.165, 1.54) is 4.90 Å². The lowest BCUT2D eigenvalue weighted by Crippen LogP contribution is -2.38. The van der Waals surface area contributed by atoms with Crippen LogP contribution >= 0.6 is 0 Å². The van der Waals surface area contributed by atoms with Gasteiger partial charge in [-0.2, -0.15) is 0 Å². The average Bonchev–Trinajstić information content (AvgIpc) is 2.38. The Morgan fingerprint density at radius 3 is 2.50 bits per heavy atom. The SMILES string of the molecule is CCOC(=O)CN(Cc1ccccc1)C(=O)C[C@@H](C)N. The number of carbonyl (C=O) groups excluding carboxylic acids is 2. The number of amides is 1. The summed E-state index contributed by atoms with van der Waals surface area (Å²) >= 11 is 0. The van der Waals surface area contributed by atoms with E-state index in [1.807, 2.05) is 30.3 Å². The number of esters is 1. The maximum atomic E-state index is 12.1. The molecule has 1 atom stereocenters. The molecule has 1 aromatic rings. The number of ether oxygens (including phenoxy) is 1. The van der Waals surface area contributed by atoms with Crippen molar-refractivity contribution in [1.29, 1.82) is 0 Å². The Kier molecular flexibility index (Phi) is 6.73. The van der Waals surface area contributed by atoms with Crippen molar-refractivity contribution in [3.8, 4) is 0 Å². The zero-order valence-electron chi connectivity index (χ0n) is 12.0. The van der Waals surface area contributed by atoms with E-state index in [-0.39, 0.29) is 24.9 Å². The Balaban J connectivity index is 2.73. The van der Waals surface area contributed by atoms with Crippen LogP contribution in [-0.2, 0) is 20.9 Å². The summed E-state index contributed by atoms with van der Waals surface area (Å²) in [6, 6.07) is 9.29. The highest BCUT2D eigenvalue weighted by Gasteiger charge is 2.19. The van der Waals surface area contributed by atoms with E-state index < -0.39 is 5.97 Å². The van der Waals surface area contributed by atoms with Crippen molar-refractivity contribution in [1.82, 2.24) is 4.90 Å². The number of nitrogens with zero attached hydrogens (tertiary/aromatic N) is 1. The van der Waals surface area contributed by atoms with Crippen molar-refractivity contribution in [2.24, 2.45) is 5.73 Å². The second kappa shape index (κ2) is 8.32. The maximum Gasteiger partial charge on any atom is 0.325 e. The molecule has 0 saturated carbocycles. The fourth-order valence-electron chi connectivity index (χ4n) is 1.80. The zero-order chi connectivity index (χ0) is 15.0. The number of benzene rings is 1. The average molecular weight is 278 g/mol. The lowest BCUT2D eigenvalue weighted by Gasteiger charge is -2.22. The standard InChI is InChI=1S/C15H22N2O3/c1-3-20-15(19)11-17(14(18)9-12(2)16)10-13-7-5-4-6-8-13/h4-8,12H,3,9-11,16H2,1-2H3/t12-/m1/s1. The van der Waals surface area contributed by atoms with Crippen LogP contribution in [0, 0.1) is 0 Å². The highest BCUT2D eigenvalue weighted by molar-refractivity contribution is 5.82. The normalized spacial score (nSPS) is 11.8. The lowest BCUT2D eigenvalue weighted by molar-refractivity contribution is -0.149. The first kappa shape index (κ1) is 16.2. The topological polar surface area (TPSA) is 72.6 Å². The smallest absolute Gasteiger partial charge is 0.325 e. The van der Waals surface area contributed by atoms with Gasteiger partial charge in [-0.05, 0) is 19.4 Å². The van der Waals surface area contributed by atoms with Crippen molar-refractivity contribution in [3.63, 3.8) is 0 Å². The van der Waals surface area contributed by atoms with Gasteiger partial charge in [0.25, 0.3) is 0 Å². The van der Waals surface area contributed by atoms with Crippen LogP contribution in [0.25, 0.3) is 0 Å². The third-order valence-electron chi connectivity index (χ3n) is 2.69. The molecule has 1 rings (SSSR count). The molecule has 0 aromatic heterocycles. The van der Waals surface area contributed by atoms with Crippen molar-refractivity contribution in [2.45, 2.75) is 32.9 Å². The van der Waals surface area contributed by atoms with Crippen LogP contribution in [0.1, 0.15) is 25.8 Å². The Bertz CT molecular complexity index is 432. The fraction of sp³-hybridized carbons (Fsp3) is 0.467.